The molecule has 0 atom stereocenters. The van der Waals surface area contributed by atoms with Gasteiger partial charge in [-0.1, -0.05) is 11.6 Å². The van der Waals surface area contributed by atoms with Crippen LogP contribution >= 0.6 is 11.6 Å². The van der Waals surface area contributed by atoms with Gasteiger partial charge in [-0.2, -0.15) is 5.10 Å². The van der Waals surface area contributed by atoms with Gasteiger partial charge in [-0.05, 0) is 19.1 Å². The third-order valence-corrected chi connectivity index (χ3v) is 3.31. The van der Waals surface area contributed by atoms with Crippen molar-refractivity contribution in [1.82, 2.24) is 9.78 Å². The highest BCUT2D eigenvalue weighted by molar-refractivity contribution is 6.33. The predicted molar refractivity (Wildman–Crippen MR) is 73.3 cm³/mol. The zero-order valence-corrected chi connectivity index (χ0v) is 11.5. The molecule has 1 aromatic carbocycles. The van der Waals surface area contributed by atoms with Gasteiger partial charge in [-0.25, -0.2) is 0 Å². The standard InChI is InChI=1S/C13H16ClN3O/c1-9-10(8-16-17(9)2)7-15-13-6-11(18-3)4-5-12(13)14/h4-6,8,15H,7H2,1-3H3. The topological polar surface area (TPSA) is 39.1 Å². The summed E-state index contributed by atoms with van der Waals surface area (Å²) in [7, 11) is 3.57. The van der Waals surface area contributed by atoms with Gasteiger partial charge in [0.1, 0.15) is 5.75 Å². The summed E-state index contributed by atoms with van der Waals surface area (Å²) in [6.45, 7) is 2.73. The van der Waals surface area contributed by atoms with E-state index >= 15 is 0 Å². The van der Waals surface area contributed by atoms with Gasteiger partial charge in [-0.15, -0.1) is 0 Å². The molecule has 18 heavy (non-hydrogen) atoms. The minimum absolute atomic E-state index is 0.678. The molecule has 0 saturated carbocycles. The van der Waals surface area contributed by atoms with Crippen molar-refractivity contribution < 1.29 is 4.74 Å². The van der Waals surface area contributed by atoms with Crippen LogP contribution in [-0.4, -0.2) is 16.9 Å². The minimum atomic E-state index is 0.678. The van der Waals surface area contributed by atoms with Crippen LogP contribution < -0.4 is 10.1 Å². The molecule has 0 aliphatic heterocycles. The van der Waals surface area contributed by atoms with Crippen molar-refractivity contribution in [2.75, 3.05) is 12.4 Å². The molecule has 96 valence electrons. The minimum Gasteiger partial charge on any atom is -0.497 e. The Morgan fingerprint density at radius 2 is 2.22 bits per heavy atom. The number of nitrogens with one attached hydrogen (secondary N) is 1. The van der Waals surface area contributed by atoms with E-state index < -0.39 is 0 Å². The van der Waals surface area contributed by atoms with Crippen LogP contribution in [0.4, 0.5) is 5.69 Å². The highest BCUT2D eigenvalue weighted by Gasteiger charge is 2.06. The first-order chi connectivity index (χ1) is 8.61. The zero-order valence-electron chi connectivity index (χ0n) is 10.7. The van der Waals surface area contributed by atoms with Crippen LogP contribution in [0.3, 0.4) is 0 Å². The number of methoxy groups -OCH3 is 1. The predicted octanol–water partition coefficient (Wildman–Crippen LogP) is 3.00. The number of nitrogens with zero attached hydrogens (tertiary/aromatic N) is 2. The maximum absolute atomic E-state index is 6.13. The van der Waals surface area contributed by atoms with Crippen molar-refractivity contribution in [3.63, 3.8) is 0 Å². The average molecular weight is 266 g/mol. The first-order valence-corrected chi connectivity index (χ1v) is 6.04. The molecule has 0 saturated heterocycles. The summed E-state index contributed by atoms with van der Waals surface area (Å²) >= 11 is 6.13. The number of benzene rings is 1. The van der Waals surface area contributed by atoms with E-state index in [0.29, 0.717) is 11.6 Å². The Labute approximate surface area is 112 Å². The van der Waals surface area contributed by atoms with E-state index in [2.05, 4.69) is 10.4 Å². The third kappa shape index (κ3) is 2.59. The number of hydrogen-bond acceptors (Lipinski definition) is 3. The van der Waals surface area contributed by atoms with E-state index in [1.165, 1.54) is 0 Å². The van der Waals surface area contributed by atoms with Gasteiger partial charge < -0.3 is 10.1 Å². The van der Waals surface area contributed by atoms with E-state index in [9.17, 15) is 0 Å². The average Bonchev–Trinajstić information content (AvgIpc) is 2.69. The lowest BCUT2D eigenvalue weighted by Crippen LogP contribution is -2.02. The van der Waals surface area contributed by atoms with Gasteiger partial charge in [0, 0.05) is 30.9 Å². The first-order valence-electron chi connectivity index (χ1n) is 5.66. The number of hydrogen-bond donors (Lipinski definition) is 1. The number of halogens is 1. The molecule has 0 aliphatic rings. The second-order valence-electron chi connectivity index (χ2n) is 4.08. The Morgan fingerprint density at radius 1 is 1.44 bits per heavy atom. The fourth-order valence-electron chi connectivity index (χ4n) is 1.67. The normalized spacial score (nSPS) is 10.4. The smallest absolute Gasteiger partial charge is 0.121 e. The molecule has 5 heteroatoms. The number of aryl methyl sites for hydroxylation is 1. The lowest BCUT2D eigenvalue weighted by Gasteiger charge is -2.10. The molecule has 1 N–H and O–H groups in total. The quantitative estimate of drug-likeness (QED) is 0.924. The van der Waals surface area contributed by atoms with Crippen LogP contribution in [0.15, 0.2) is 24.4 Å². The molecule has 1 heterocycles. The molecule has 4 nitrogen and oxygen atoms in total. The number of ether oxygens (including phenoxy) is 1. The lowest BCUT2D eigenvalue weighted by molar-refractivity contribution is 0.415. The Balaban J connectivity index is 2.12. The molecule has 1 aromatic heterocycles. The Hall–Kier alpha value is -1.68. The van der Waals surface area contributed by atoms with E-state index in [1.807, 2.05) is 43.0 Å². The van der Waals surface area contributed by atoms with Gasteiger partial charge in [0.25, 0.3) is 0 Å². The summed E-state index contributed by atoms with van der Waals surface area (Å²) in [6, 6.07) is 5.54. The first kappa shape index (κ1) is 12.8. The summed E-state index contributed by atoms with van der Waals surface area (Å²) < 4.78 is 7.03. The number of rotatable bonds is 4. The summed E-state index contributed by atoms with van der Waals surface area (Å²) in [5.74, 6) is 0.782. The Bertz CT molecular complexity index is 551. The number of aromatic nitrogens is 2. The lowest BCUT2D eigenvalue weighted by atomic mass is 10.2. The second-order valence-corrected chi connectivity index (χ2v) is 4.49. The molecule has 2 rings (SSSR count). The molecular formula is C13H16ClN3O. The van der Waals surface area contributed by atoms with Crippen molar-refractivity contribution >= 4 is 17.3 Å². The molecule has 0 amide bonds. The molecule has 0 fully saturated rings. The highest BCUT2D eigenvalue weighted by Crippen LogP contribution is 2.27. The molecule has 0 radical (unpaired) electrons. The van der Waals surface area contributed by atoms with E-state index in [-0.39, 0.29) is 0 Å². The van der Waals surface area contributed by atoms with Gasteiger partial charge in [0.2, 0.25) is 0 Å². The Morgan fingerprint density at radius 3 is 2.83 bits per heavy atom. The van der Waals surface area contributed by atoms with E-state index in [4.69, 9.17) is 16.3 Å². The van der Waals surface area contributed by atoms with Gasteiger partial charge in [0.15, 0.2) is 0 Å². The van der Waals surface area contributed by atoms with Crippen LogP contribution in [0.2, 0.25) is 5.02 Å². The summed E-state index contributed by atoms with van der Waals surface area (Å²) in [6.07, 6.45) is 1.86. The fraction of sp³-hybridized carbons (Fsp3) is 0.308. The highest BCUT2D eigenvalue weighted by atomic mass is 35.5. The van der Waals surface area contributed by atoms with Crippen LogP contribution in [0.25, 0.3) is 0 Å². The van der Waals surface area contributed by atoms with Crippen molar-refractivity contribution in [3.05, 3.63) is 40.7 Å². The maximum Gasteiger partial charge on any atom is 0.121 e. The molecule has 0 spiro atoms. The largest absolute Gasteiger partial charge is 0.497 e. The van der Waals surface area contributed by atoms with Crippen molar-refractivity contribution in [2.24, 2.45) is 7.05 Å². The fourth-order valence-corrected chi connectivity index (χ4v) is 1.86. The Kier molecular flexibility index (Phi) is 3.77. The molecule has 2 aromatic rings. The van der Waals surface area contributed by atoms with Crippen molar-refractivity contribution in [3.8, 4) is 5.75 Å². The molecule has 0 unspecified atom stereocenters. The maximum atomic E-state index is 6.13. The summed E-state index contributed by atoms with van der Waals surface area (Å²) in [5.41, 5.74) is 3.15. The summed E-state index contributed by atoms with van der Waals surface area (Å²) in [4.78, 5) is 0. The van der Waals surface area contributed by atoms with Crippen LogP contribution in [0.5, 0.6) is 5.75 Å². The summed E-state index contributed by atoms with van der Waals surface area (Å²) in [5, 5.41) is 8.17. The van der Waals surface area contributed by atoms with Gasteiger partial charge in [0.05, 0.1) is 24.0 Å². The zero-order chi connectivity index (χ0) is 13.1. The molecule has 0 bridgehead atoms. The van der Waals surface area contributed by atoms with Gasteiger partial charge >= 0.3 is 0 Å². The van der Waals surface area contributed by atoms with Crippen LogP contribution in [-0.2, 0) is 13.6 Å². The molecule has 0 aliphatic carbocycles. The van der Waals surface area contributed by atoms with Crippen molar-refractivity contribution in [2.45, 2.75) is 13.5 Å². The van der Waals surface area contributed by atoms with E-state index in [1.54, 1.807) is 7.11 Å². The van der Waals surface area contributed by atoms with Crippen LogP contribution in [0.1, 0.15) is 11.3 Å². The van der Waals surface area contributed by atoms with Gasteiger partial charge in [-0.3, -0.25) is 4.68 Å². The second kappa shape index (κ2) is 5.31. The van der Waals surface area contributed by atoms with E-state index in [0.717, 1.165) is 22.7 Å². The molecular weight excluding hydrogens is 250 g/mol. The van der Waals surface area contributed by atoms with Crippen molar-refractivity contribution in [1.29, 1.82) is 0 Å². The SMILES string of the molecule is COc1ccc(Cl)c(NCc2cnn(C)c2C)c1. The van der Waals surface area contributed by atoms with Crippen LogP contribution in [0, 0.1) is 6.92 Å². The monoisotopic (exact) mass is 265 g/mol. The third-order valence-electron chi connectivity index (χ3n) is 2.98. The number of anilines is 1.